The first-order chi connectivity index (χ1) is 9.51. The van der Waals surface area contributed by atoms with Crippen LogP contribution >= 0.6 is 0 Å². The Morgan fingerprint density at radius 2 is 2.25 bits per heavy atom. The van der Waals surface area contributed by atoms with E-state index in [2.05, 4.69) is 20.5 Å². The van der Waals surface area contributed by atoms with E-state index in [1.807, 2.05) is 0 Å². The molecule has 9 heteroatoms. The molecular weight excluding hydrogens is 266 g/mol. The lowest BCUT2D eigenvalue weighted by molar-refractivity contribution is -0.384. The number of aryl methyl sites for hydroxylation is 1. The van der Waals surface area contributed by atoms with Crippen LogP contribution in [0.3, 0.4) is 0 Å². The number of ether oxygens (including phenoxy) is 1. The van der Waals surface area contributed by atoms with E-state index >= 15 is 0 Å². The first-order valence-electron chi connectivity index (χ1n) is 5.54. The molecule has 0 aliphatic rings. The molecule has 0 aliphatic heterocycles. The van der Waals surface area contributed by atoms with Crippen molar-refractivity contribution in [2.45, 2.75) is 6.92 Å². The number of non-ortho nitro benzene ring substituents is 1. The van der Waals surface area contributed by atoms with Gasteiger partial charge in [0, 0.05) is 6.07 Å². The van der Waals surface area contributed by atoms with E-state index in [1.165, 1.54) is 25.3 Å². The number of hydrogen-bond donors (Lipinski definition) is 2. The summed E-state index contributed by atoms with van der Waals surface area (Å²) in [6.45, 7) is 1.66. The average Bonchev–Trinajstić information content (AvgIpc) is 2.85. The summed E-state index contributed by atoms with van der Waals surface area (Å²) < 4.78 is 5.01. The smallest absolute Gasteiger partial charge is 0.295 e. The molecule has 2 N–H and O–H groups in total. The molecule has 1 aromatic carbocycles. The molecule has 0 aliphatic carbocycles. The van der Waals surface area contributed by atoms with Gasteiger partial charge in [-0.05, 0) is 13.0 Å². The summed E-state index contributed by atoms with van der Waals surface area (Å²) in [5.41, 5.74) is 0.166. The molecule has 0 spiro atoms. The number of aromatic amines is 1. The Morgan fingerprint density at radius 1 is 1.50 bits per heavy atom. The van der Waals surface area contributed by atoms with E-state index in [0.29, 0.717) is 11.5 Å². The third-order valence-corrected chi connectivity index (χ3v) is 2.44. The quantitative estimate of drug-likeness (QED) is 0.641. The molecule has 0 bridgehead atoms. The molecule has 9 nitrogen and oxygen atoms in total. The minimum absolute atomic E-state index is 0.0251. The predicted molar refractivity (Wildman–Crippen MR) is 68.7 cm³/mol. The molecule has 0 fully saturated rings. The van der Waals surface area contributed by atoms with Crippen LogP contribution in [0.2, 0.25) is 0 Å². The van der Waals surface area contributed by atoms with Crippen LogP contribution in [0.1, 0.15) is 16.4 Å². The number of hydrogen-bond acceptors (Lipinski definition) is 6. The number of benzene rings is 1. The minimum atomic E-state index is -0.549. The Labute approximate surface area is 113 Å². The number of nitro benzene ring substituents is 1. The standard InChI is InChI=1S/C11H11N5O4/c1-6-12-10(15-14-6)11(17)13-8-4-3-7(16(18)19)5-9(8)20-2/h3-5H,1-2H3,(H,13,17)(H,12,14,15). The van der Waals surface area contributed by atoms with E-state index in [9.17, 15) is 14.9 Å². The SMILES string of the molecule is COc1cc([N+](=O)[O-])ccc1NC(=O)c1n[nH]c(C)n1. The van der Waals surface area contributed by atoms with Crippen molar-refractivity contribution in [3.63, 3.8) is 0 Å². The van der Waals surface area contributed by atoms with Gasteiger partial charge in [-0.25, -0.2) is 4.98 Å². The summed E-state index contributed by atoms with van der Waals surface area (Å²) in [5, 5.41) is 19.5. The lowest BCUT2D eigenvalue weighted by atomic mass is 10.2. The predicted octanol–water partition coefficient (Wildman–Crippen LogP) is 1.28. The Balaban J connectivity index is 2.25. The van der Waals surface area contributed by atoms with Crippen LogP contribution in [0.25, 0.3) is 0 Å². The van der Waals surface area contributed by atoms with Crippen LogP contribution in [0.5, 0.6) is 5.75 Å². The van der Waals surface area contributed by atoms with Gasteiger partial charge in [-0.1, -0.05) is 0 Å². The number of nitrogens with zero attached hydrogens (tertiary/aromatic N) is 3. The van der Waals surface area contributed by atoms with Gasteiger partial charge in [-0.15, -0.1) is 5.10 Å². The van der Waals surface area contributed by atoms with Gasteiger partial charge in [-0.2, -0.15) is 0 Å². The van der Waals surface area contributed by atoms with E-state index < -0.39 is 10.8 Å². The summed E-state index contributed by atoms with van der Waals surface area (Å²) in [4.78, 5) is 25.9. The zero-order valence-corrected chi connectivity index (χ0v) is 10.7. The van der Waals surface area contributed by atoms with Crippen LogP contribution in [-0.2, 0) is 0 Å². The van der Waals surface area contributed by atoms with Gasteiger partial charge in [0.25, 0.3) is 11.6 Å². The fourth-order valence-electron chi connectivity index (χ4n) is 1.52. The first-order valence-corrected chi connectivity index (χ1v) is 5.54. The number of carbonyl (C=O) groups excluding carboxylic acids is 1. The number of H-pyrrole nitrogens is 1. The largest absolute Gasteiger partial charge is 0.494 e. The third kappa shape index (κ3) is 2.71. The van der Waals surface area contributed by atoms with Crippen molar-refractivity contribution in [1.82, 2.24) is 15.2 Å². The number of nitro groups is 1. The van der Waals surface area contributed by atoms with E-state index in [0.717, 1.165) is 0 Å². The maximum absolute atomic E-state index is 11.9. The maximum atomic E-state index is 11.9. The van der Waals surface area contributed by atoms with Gasteiger partial charge < -0.3 is 10.1 Å². The van der Waals surface area contributed by atoms with Gasteiger partial charge in [0.1, 0.15) is 11.6 Å². The number of nitrogens with one attached hydrogen (secondary N) is 2. The van der Waals surface area contributed by atoms with Crippen molar-refractivity contribution in [2.75, 3.05) is 12.4 Å². The number of aromatic nitrogens is 3. The zero-order chi connectivity index (χ0) is 14.7. The van der Waals surface area contributed by atoms with Crippen LogP contribution in [0, 0.1) is 17.0 Å². The van der Waals surface area contributed by atoms with Crippen molar-refractivity contribution in [3.05, 3.63) is 40.0 Å². The monoisotopic (exact) mass is 277 g/mol. The number of methoxy groups -OCH3 is 1. The van der Waals surface area contributed by atoms with Gasteiger partial charge in [0.2, 0.25) is 5.82 Å². The van der Waals surface area contributed by atoms with Crippen molar-refractivity contribution in [3.8, 4) is 5.75 Å². The van der Waals surface area contributed by atoms with E-state index in [-0.39, 0.29) is 17.3 Å². The van der Waals surface area contributed by atoms with Gasteiger partial charge in [0.15, 0.2) is 0 Å². The second kappa shape index (κ2) is 5.34. The number of anilines is 1. The number of rotatable bonds is 4. The molecule has 0 saturated carbocycles. The molecule has 104 valence electrons. The number of carbonyl (C=O) groups is 1. The van der Waals surface area contributed by atoms with Crippen molar-refractivity contribution >= 4 is 17.3 Å². The minimum Gasteiger partial charge on any atom is -0.494 e. The maximum Gasteiger partial charge on any atom is 0.295 e. The lowest BCUT2D eigenvalue weighted by Crippen LogP contribution is -2.14. The molecule has 1 aromatic heterocycles. The molecule has 0 saturated heterocycles. The van der Waals surface area contributed by atoms with Crippen molar-refractivity contribution in [2.24, 2.45) is 0 Å². The second-order valence-corrected chi connectivity index (χ2v) is 3.84. The first kappa shape index (κ1) is 13.5. The molecule has 0 unspecified atom stereocenters. The number of amides is 1. The molecule has 0 atom stereocenters. The van der Waals surface area contributed by atoms with Crippen LogP contribution < -0.4 is 10.1 Å². The van der Waals surface area contributed by atoms with Gasteiger partial charge in [0.05, 0.1) is 23.8 Å². The van der Waals surface area contributed by atoms with Gasteiger partial charge >= 0.3 is 0 Å². The van der Waals surface area contributed by atoms with Crippen LogP contribution in [0.15, 0.2) is 18.2 Å². The van der Waals surface area contributed by atoms with Crippen molar-refractivity contribution in [1.29, 1.82) is 0 Å². The highest BCUT2D eigenvalue weighted by atomic mass is 16.6. The normalized spacial score (nSPS) is 10.1. The molecule has 1 amide bonds. The zero-order valence-electron chi connectivity index (χ0n) is 10.7. The Bertz CT molecular complexity index is 667. The summed E-state index contributed by atoms with van der Waals surface area (Å²) in [6, 6.07) is 3.87. The lowest BCUT2D eigenvalue weighted by Gasteiger charge is -2.08. The topological polar surface area (TPSA) is 123 Å². The second-order valence-electron chi connectivity index (χ2n) is 3.84. The molecule has 20 heavy (non-hydrogen) atoms. The molecule has 0 radical (unpaired) electrons. The van der Waals surface area contributed by atoms with Crippen LogP contribution in [-0.4, -0.2) is 33.1 Å². The fourth-order valence-corrected chi connectivity index (χ4v) is 1.52. The summed E-state index contributed by atoms with van der Waals surface area (Å²) in [5.74, 6) is 0.120. The Kier molecular flexibility index (Phi) is 3.60. The highest BCUT2D eigenvalue weighted by molar-refractivity contribution is 6.02. The molecule has 1 heterocycles. The van der Waals surface area contributed by atoms with Crippen LogP contribution in [0.4, 0.5) is 11.4 Å². The molecular formula is C11H11N5O4. The summed E-state index contributed by atoms with van der Waals surface area (Å²) in [6.07, 6.45) is 0. The average molecular weight is 277 g/mol. The fraction of sp³-hybridized carbons (Fsp3) is 0.182. The highest BCUT2D eigenvalue weighted by Gasteiger charge is 2.16. The van der Waals surface area contributed by atoms with Crippen molar-refractivity contribution < 1.29 is 14.5 Å². The van der Waals surface area contributed by atoms with Gasteiger partial charge in [-0.3, -0.25) is 20.0 Å². The Morgan fingerprint density at radius 3 is 2.80 bits per heavy atom. The molecule has 2 aromatic rings. The third-order valence-electron chi connectivity index (χ3n) is 2.44. The summed E-state index contributed by atoms with van der Waals surface area (Å²) in [7, 11) is 1.35. The van der Waals surface area contributed by atoms with E-state index in [4.69, 9.17) is 4.74 Å². The van der Waals surface area contributed by atoms with E-state index in [1.54, 1.807) is 6.92 Å². The summed E-state index contributed by atoms with van der Waals surface area (Å²) >= 11 is 0. The molecule has 2 rings (SSSR count). The Hall–Kier alpha value is -2.97. The highest BCUT2D eigenvalue weighted by Crippen LogP contribution is 2.29.